The number of hydrogen-bond acceptors (Lipinski definition) is 9. The average molecular weight is 579 g/mol. The number of nitriles is 1. The molecule has 2 N–H and O–H groups in total. The fraction of sp³-hybridized carbons (Fsp3) is 0.242. The molecule has 1 saturated heterocycles. The summed E-state index contributed by atoms with van der Waals surface area (Å²) < 4.78 is 26.7. The molecule has 0 spiro atoms. The largest absolute Gasteiger partial charge is 0.382 e. The number of nitrogens with two attached hydrogens (primary N) is 1. The Balaban J connectivity index is 1.37. The molecule has 212 valence electrons. The Morgan fingerprint density at radius 2 is 1.43 bits per heavy atom. The van der Waals surface area contributed by atoms with Gasteiger partial charge in [0.1, 0.15) is 36.5 Å². The van der Waals surface area contributed by atoms with Gasteiger partial charge in [0.15, 0.2) is 0 Å². The van der Waals surface area contributed by atoms with Crippen molar-refractivity contribution in [2.75, 3.05) is 12.3 Å². The van der Waals surface area contributed by atoms with Crippen molar-refractivity contribution >= 4 is 27.4 Å². The van der Waals surface area contributed by atoms with Gasteiger partial charge in [0.05, 0.1) is 36.6 Å². The van der Waals surface area contributed by atoms with E-state index in [0.29, 0.717) is 34.8 Å². The van der Waals surface area contributed by atoms with E-state index in [9.17, 15) is 5.26 Å². The van der Waals surface area contributed by atoms with Crippen LogP contribution in [0.3, 0.4) is 0 Å². The second-order valence-electron chi connectivity index (χ2n) is 10.1. The van der Waals surface area contributed by atoms with Crippen LogP contribution in [0.5, 0.6) is 0 Å². The van der Waals surface area contributed by atoms with E-state index in [4.69, 9.17) is 24.7 Å². The van der Waals surface area contributed by atoms with Crippen molar-refractivity contribution < 1.29 is 18.9 Å². The van der Waals surface area contributed by atoms with Crippen molar-refractivity contribution in [3.63, 3.8) is 0 Å². The summed E-state index contributed by atoms with van der Waals surface area (Å²) in [6.45, 7) is 1.17. The second kappa shape index (κ2) is 12.8. The molecule has 5 aromatic rings. The summed E-state index contributed by atoms with van der Waals surface area (Å²) in [6, 6.07) is 32.1. The van der Waals surface area contributed by atoms with E-state index in [1.807, 2.05) is 96.4 Å². The second-order valence-corrected chi connectivity index (χ2v) is 10.9. The molecule has 8 nitrogen and oxygen atoms in total. The van der Waals surface area contributed by atoms with Gasteiger partial charge in [-0.1, -0.05) is 91.0 Å². The van der Waals surface area contributed by atoms with Gasteiger partial charge in [-0.25, -0.2) is 9.97 Å². The van der Waals surface area contributed by atoms with Crippen LogP contribution in [-0.4, -0.2) is 34.9 Å². The molecule has 0 radical (unpaired) electrons. The van der Waals surface area contributed by atoms with E-state index in [2.05, 4.69) is 16.0 Å². The van der Waals surface area contributed by atoms with E-state index >= 15 is 0 Å². The first kappa shape index (κ1) is 28.0. The lowest BCUT2D eigenvalue weighted by atomic mass is 9.89. The topological polar surface area (TPSA) is 113 Å². The van der Waals surface area contributed by atoms with Crippen molar-refractivity contribution in [3.8, 4) is 6.07 Å². The summed E-state index contributed by atoms with van der Waals surface area (Å²) in [7, 11) is 0. The van der Waals surface area contributed by atoms with Gasteiger partial charge in [0.2, 0.25) is 5.60 Å². The minimum absolute atomic E-state index is 0.197. The number of aromatic nitrogens is 2. The minimum atomic E-state index is -1.53. The predicted octanol–water partition coefficient (Wildman–Crippen LogP) is 5.78. The lowest BCUT2D eigenvalue weighted by molar-refractivity contribution is -0.0947. The van der Waals surface area contributed by atoms with Crippen molar-refractivity contribution in [3.05, 3.63) is 125 Å². The zero-order chi connectivity index (χ0) is 28.8. The van der Waals surface area contributed by atoms with Crippen LogP contribution in [0.1, 0.15) is 22.3 Å². The van der Waals surface area contributed by atoms with Crippen LogP contribution in [-0.2, 0) is 44.4 Å². The van der Waals surface area contributed by atoms with Gasteiger partial charge in [0, 0.05) is 10.9 Å². The minimum Gasteiger partial charge on any atom is -0.382 e. The van der Waals surface area contributed by atoms with Crippen molar-refractivity contribution in [2.45, 2.75) is 43.7 Å². The standard InChI is InChI=1S/C33H30N4O4S/c34-21-33(26-20-42-30-28(26)36-22-37-32(30)35)31(40-18-25-14-8-3-9-15-25)29(39-17-24-12-6-2-7-13-24)27(41-33)19-38-16-23-10-4-1-5-11-23/h1-15,20,22,27,29,31H,16-19H2,(H2,35,36,37)/t27-,29-,31-,33+/m1/s1. The summed E-state index contributed by atoms with van der Waals surface area (Å²) in [5.74, 6) is 0.351. The van der Waals surface area contributed by atoms with Crippen LogP contribution in [0.25, 0.3) is 10.2 Å². The molecular weight excluding hydrogens is 548 g/mol. The van der Waals surface area contributed by atoms with E-state index in [-0.39, 0.29) is 13.2 Å². The molecule has 1 fully saturated rings. The van der Waals surface area contributed by atoms with E-state index in [1.54, 1.807) is 0 Å². The maximum absolute atomic E-state index is 10.9. The molecule has 0 amide bonds. The zero-order valence-corrected chi connectivity index (χ0v) is 23.7. The van der Waals surface area contributed by atoms with Gasteiger partial charge in [-0.3, -0.25) is 0 Å². The van der Waals surface area contributed by atoms with Gasteiger partial charge < -0.3 is 24.7 Å². The third kappa shape index (κ3) is 5.77. The Hall–Kier alpha value is -4.17. The summed E-state index contributed by atoms with van der Waals surface area (Å²) in [5.41, 5.74) is 8.79. The normalized spacial score (nSPS) is 21.8. The highest BCUT2D eigenvalue weighted by atomic mass is 32.1. The van der Waals surface area contributed by atoms with Gasteiger partial charge in [-0.15, -0.1) is 11.3 Å². The highest BCUT2D eigenvalue weighted by Crippen LogP contribution is 2.47. The highest BCUT2D eigenvalue weighted by Gasteiger charge is 2.59. The molecule has 1 aliphatic heterocycles. The van der Waals surface area contributed by atoms with Gasteiger partial charge in [-0.2, -0.15) is 5.26 Å². The molecule has 42 heavy (non-hydrogen) atoms. The first-order valence-corrected chi connectivity index (χ1v) is 14.6. The summed E-state index contributed by atoms with van der Waals surface area (Å²) in [5, 5.41) is 12.7. The van der Waals surface area contributed by atoms with Crippen molar-refractivity contribution in [2.24, 2.45) is 0 Å². The molecule has 0 saturated carbocycles. The molecule has 9 heteroatoms. The molecule has 0 unspecified atom stereocenters. The predicted molar refractivity (Wildman–Crippen MR) is 160 cm³/mol. The van der Waals surface area contributed by atoms with Crippen LogP contribution < -0.4 is 5.73 Å². The quantitative estimate of drug-likeness (QED) is 0.210. The van der Waals surface area contributed by atoms with Crippen LogP contribution in [0.15, 0.2) is 103 Å². The molecule has 0 bridgehead atoms. The Labute approximate surface area is 248 Å². The molecule has 3 heterocycles. The third-order valence-electron chi connectivity index (χ3n) is 7.30. The number of nitrogens with zero attached hydrogens (tertiary/aromatic N) is 3. The smallest absolute Gasteiger partial charge is 0.211 e. The van der Waals surface area contributed by atoms with Crippen LogP contribution >= 0.6 is 11.3 Å². The van der Waals surface area contributed by atoms with Gasteiger partial charge >= 0.3 is 0 Å². The number of benzene rings is 3. The molecule has 1 aliphatic rings. The number of thiophene rings is 1. The van der Waals surface area contributed by atoms with E-state index < -0.39 is 23.9 Å². The van der Waals surface area contributed by atoms with Crippen LogP contribution in [0.2, 0.25) is 0 Å². The highest BCUT2D eigenvalue weighted by molar-refractivity contribution is 7.18. The van der Waals surface area contributed by atoms with Crippen LogP contribution in [0, 0.1) is 11.3 Å². The number of hydrogen-bond donors (Lipinski definition) is 1. The van der Waals surface area contributed by atoms with Crippen LogP contribution in [0.4, 0.5) is 5.82 Å². The number of ether oxygens (including phenoxy) is 4. The summed E-state index contributed by atoms with van der Waals surface area (Å²) in [4.78, 5) is 8.63. The Morgan fingerprint density at radius 1 is 0.833 bits per heavy atom. The number of nitrogen functional groups attached to an aromatic ring is 1. The average Bonchev–Trinajstić information content (AvgIpc) is 3.61. The first-order chi connectivity index (χ1) is 20.7. The van der Waals surface area contributed by atoms with E-state index in [1.165, 1.54) is 17.7 Å². The SMILES string of the molecule is N#C[C@@]1(c2csc3c(N)ncnc23)O[C@H](COCc2ccccc2)[C@@H](OCc2ccccc2)[C@H]1OCc1ccccc1. The Kier molecular flexibility index (Phi) is 8.51. The molecule has 3 aromatic carbocycles. The fourth-order valence-corrected chi connectivity index (χ4v) is 6.20. The lowest BCUT2D eigenvalue weighted by Gasteiger charge is -2.29. The Bertz CT molecular complexity index is 1650. The maximum Gasteiger partial charge on any atom is 0.211 e. The summed E-state index contributed by atoms with van der Waals surface area (Å²) >= 11 is 1.38. The summed E-state index contributed by atoms with van der Waals surface area (Å²) in [6.07, 6.45) is -0.631. The lowest BCUT2D eigenvalue weighted by Crippen LogP contribution is -2.43. The van der Waals surface area contributed by atoms with Gasteiger partial charge in [-0.05, 0) is 16.7 Å². The van der Waals surface area contributed by atoms with Crippen molar-refractivity contribution in [1.29, 1.82) is 5.26 Å². The molecule has 0 aliphatic carbocycles. The molecule has 4 atom stereocenters. The van der Waals surface area contributed by atoms with Crippen molar-refractivity contribution in [1.82, 2.24) is 9.97 Å². The first-order valence-electron chi connectivity index (χ1n) is 13.7. The zero-order valence-electron chi connectivity index (χ0n) is 22.8. The van der Waals surface area contributed by atoms with E-state index in [0.717, 1.165) is 16.7 Å². The third-order valence-corrected chi connectivity index (χ3v) is 8.29. The molecule has 6 rings (SSSR count). The maximum atomic E-state index is 10.9. The monoisotopic (exact) mass is 578 g/mol. The molecule has 2 aromatic heterocycles. The Morgan fingerprint density at radius 3 is 2.05 bits per heavy atom. The number of anilines is 1. The number of rotatable bonds is 11. The fourth-order valence-electron chi connectivity index (χ4n) is 5.23. The van der Waals surface area contributed by atoms with Gasteiger partial charge in [0.25, 0.3) is 0 Å². The number of fused-ring (bicyclic) bond motifs is 1. The molecular formula is C33H30N4O4S.